The molecular weight excluding hydrogens is 297 g/mol. The van der Waals surface area contributed by atoms with Gasteiger partial charge in [0, 0.05) is 20.8 Å². The van der Waals surface area contributed by atoms with E-state index in [1.807, 2.05) is 0 Å². The van der Waals surface area contributed by atoms with Crippen molar-refractivity contribution in [3.63, 3.8) is 0 Å². The average Bonchev–Trinajstić information content (AvgIpc) is 2.86. The number of methoxy groups -OCH3 is 2. The molecule has 0 bridgehead atoms. The smallest absolute Gasteiger partial charge is 0.218 e. The summed E-state index contributed by atoms with van der Waals surface area (Å²) in [5, 5.41) is 0. The minimum Gasteiger partial charge on any atom is -0.383 e. The van der Waals surface area contributed by atoms with Crippen molar-refractivity contribution in [3.05, 3.63) is 35.6 Å². The molecule has 2 atom stereocenters. The second kappa shape index (κ2) is 6.83. The van der Waals surface area contributed by atoms with Gasteiger partial charge in [-0.2, -0.15) is 4.31 Å². The van der Waals surface area contributed by atoms with E-state index in [2.05, 4.69) is 0 Å². The van der Waals surface area contributed by atoms with Crippen molar-refractivity contribution < 1.29 is 22.3 Å². The van der Waals surface area contributed by atoms with Crippen molar-refractivity contribution in [2.45, 2.75) is 24.3 Å². The summed E-state index contributed by atoms with van der Waals surface area (Å²) in [6.07, 6.45) is 0.501. The molecule has 1 heterocycles. The van der Waals surface area contributed by atoms with E-state index in [1.165, 1.54) is 28.6 Å². The Kier molecular flexibility index (Phi) is 5.32. The number of ether oxygens (including phenoxy) is 2. The van der Waals surface area contributed by atoms with E-state index in [-0.39, 0.29) is 23.7 Å². The van der Waals surface area contributed by atoms with Crippen LogP contribution in [0.1, 0.15) is 12.0 Å². The van der Waals surface area contributed by atoms with Crippen LogP contribution in [0, 0.1) is 5.82 Å². The Bertz CT molecular complexity index is 561. The SMILES string of the molecule is COC[C@@H]1C[C@@H](OC)CN1S(=O)(=O)Cc1ccc(F)cc1. The summed E-state index contributed by atoms with van der Waals surface area (Å²) in [5.41, 5.74) is 0.563. The van der Waals surface area contributed by atoms with Crippen molar-refractivity contribution in [2.24, 2.45) is 0 Å². The summed E-state index contributed by atoms with van der Waals surface area (Å²) in [4.78, 5) is 0. The van der Waals surface area contributed by atoms with E-state index in [1.54, 1.807) is 14.2 Å². The molecule has 0 radical (unpaired) electrons. The van der Waals surface area contributed by atoms with Crippen LogP contribution in [-0.2, 0) is 25.2 Å². The molecule has 5 nitrogen and oxygen atoms in total. The maximum atomic E-state index is 12.9. The van der Waals surface area contributed by atoms with Gasteiger partial charge in [-0.1, -0.05) is 12.1 Å². The predicted octanol–water partition coefficient (Wildman–Crippen LogP) is 1.39. The molecule has 0 aromatic heterocycles. The van der Waals surface area contributed by atoms with Gasteiger partial charge in [0.2, 0.25) is 10.0 Å². The van der Waals surface area contributed by atoms with E-state index >= 15 is 0 Å². The van der Waals surface area contributed by atoms with Crippen LogP contribution in [0.25, 0.3) is 0 Å². The Hall–Kier alpha value is -1.02. The fraction of sp³-hybridized carbons (Fsp3) is 0.571. The van der Waals surface area contributed by atoms with Crippen molar-refractivity contribution in [2.75, 3.05) is 27.4 Å². The maximum Gasteiger partial charge on any atom is 0.218 e. The van der Waals surface area contributed by atoms with Crippen LogP contribution in [0.15, 0.2) is 24.3 Å². The van der Waals surface area contributed by atoms with Crippen LogP contribution >= 0.6 is 0 Å². The number of hydrogen-bond acceptors (Lipinski definition) is 4. The van der Waals surface area contributed by atoms with E-state index in [4.69, 9.17) is 9.47 Å². The molecule has 0 spiro atoms. The standard InChI is InChI=1S/C14H20FNO4S/c1-19-9-13-7-14(20-2)8-16(13)21(17,18)10-11-3-5-12(15)6-4-11/h3-6,13-14H,7-10H2,1-2H3/t13-,14+/m0/s1. The first-order valence-electron chi connectivity index (χ1n) is 6.72. The fourth-order valence-electron chi connectivity index (χ4n) is 2.57. The summed E-state index contributed by atoms with van der Waals surface area (Å²) in [7, 11) is -0.369. The highest BCUT2D eigenvalue weighted by molar-refractivity contribution is 7.88. The molecule has 0 unspecified atom stereocenters. The molecule has 118 valence electrons. The van der Waals surface area contributed by atoms with Crippen LogP contribution in [-0.4, -0.2) is 52.2 Å². The lowest BCUT2D eigenvalue weighted by atomic mass is 10.2. The quantitative estimate of drug-likeness (QED) is 0.796. The molecule has 0 N–H and O–H groups in total. The topological polar surface area (TPSA) is 55.8 Å². The van der Waals surface area contributed by atoms with Crippen molar-refractivity contribution in [1.82, 2.24) is 4.31 Å². The number of hydrogen-bond donors (Lipinski definition) is 0. The molecule has 1 aromatic carbocycles. The lowest BCUT2D eigenvalue weighted by Gasteiger charge is -2.23. The van der Waals surface area contributed by atoms with E-state index in [0.717, 1.165) is 0 Å². The third-order valence-electron chi connectivity index (χ3n) is 3.64. The zero-order valence-corrected chi connectivity index (χ0v) is 13.0. The highest BCUT2D eigenvalue weighted by atomic mass is 32.2. The van der Waals surface area contributed by atoms with Gasteiger partial charge in [0.15, 0.2) is 0 Å². The van der Waals surface area contributed by atoms with Crippen LogP contribution in [0.3, 0.4) is 0 Å². The second-order valence-electron chi connectivity index (χ2n) is 5.15. The normalized spacial score (nSPS) is 23.6. The molecule has 1 fully saturated rings. The van der Waals surface area contributed by atoms with Gasteiger partial charge in [-0.15, -0.1) is 0 Å². The minimum absolute atomic E-state index is 0.117. The van der Waals surface area contributed by atoms with E-state index < -0.39 is 10.0 Å². The van der Waals surface area contributed by atoms with Gasteiger partial charge in [0.25, 0.3) is 0 Å². The highest BCUT2D eigenvalue weighted by Gasteiger charge is 2.39. The monoisotopic (exact) mass is 317 g/mol. The van der Waals surface area contributed by atoms with Gasteiger partial charge >= 0.3 is 0 Å². The first kappa shape index (κ1) is 16.4. The Morgan fingerprint density at radius 1 is 1.29 bits per heavy atom. The third-order valence-corrected chi connectivity index (χ3v) is 5.50. The van der Waals surface area contributed by atoms with Gasteiger partial charge in [-0.25, -0.2) is 12.8 Å². The lowest BCUT2D eigenvalue weighted by molar-refractivity contribution is 0.110. The summed E-state index contributed by atoms with van der Waals surface area (Å²) in [5.74, 6) is -0.529. The van der Waals surface area contributed by atoms with Crippen molar-refractivity contribution >= 4 is 10.0 Å². The van der Waals surface area contributed by atoms with E-state index in [0.29, 0.717) is 25.1 Å². The summed E-state index contributed by atoms with van der Waals surface area (Å²) < 4.78 is 49.8. The van der Waals surface area contributed by atoms with Crippen LogP contribution < -0.4 is 0 Å². The Labute approximate surface area is 124 Å². The Morgan fingerprint density at radius 2 is 1.95 bits per heavy atom. The van der Waals surface area contributed by atoms with Gasteiger partial charge < -0.3 is 9.47 Å². The molecule has 1 aliphatic heterocycles. The molecule has 0 amide bonds. The van der Waals surface area contributed by atoms with Crippen LogP contribution in [0.4, 0.5) is 4.39 Å². The summed E-state index contributed by atoms with van der Waals surface area (Å²) >= 11 is 0. The molecule has 21 heavy (non-hydrogen) atoms. The Balaban J connectivity index is 2.15. The summed E-state index contributed by atoms with van der Waals surface area (Å²) in [6.45, 7) is 0.663. The highest BCUT2D eigenvalue weighted by Crippen LogP contribution is 2.25. The first-order valence-corrected chi connectivity index (χ1v) is 8.33. The van der Waals surface area contributed by atoms with Gasteiger partial charge in [0.1, 0.15) is 5.82 Å². The molecule has 2 rings (SSSR count). The molecule has 0 aliphatic carbocycles. The average molecular weight is 317 g/mol. The number of benzene rings is 1. The van der Waals surface area contributed by atoms with E-state index in [9.17, 15) is 12.8 Å². The number of nitrogens with zero attached hydrogens (tertiary/aromatic N) is 1. The largest absolute Gasteiger partial charge is 0.383 e. The molecule has 0 saturated carbocycles. The lowest BCUT2D eigenvalue weighted by Crippen LogP contribution is -2.39. The predicted molar refractivity (Wildman–Crippen MR) is 76.8 cm³/mol. The molecular formula is C14H20FNO4S. The maximum absolute atomic E-state index is 12.9. The van der Waals surface area contributed by atoms with Gasteiger partial charge in [-0.3, -0.25) is 0 Å². The molecule has 1 aromatic rings. The fourth-order valence-corrected chi connectivity index (χ4v) is 4.35. The Morgan fingerprint density at radius 3 is 2.52 bits per heavy atom. The first-order chi connectivity index (χ1) is 9.96. The summed E-state index contributed by atoms with van der Waals surface area (Å²) in [6, 6.07) is 5.29. The number of sulfonamides is 1. The van der Waals surface area contributed by atoms with Crippen molar-refractivity contribution in [1.29, 1.82) is 0 Å². The zero-order valence-electron chi connectivity index (χ0n) is 12.2. The van der Waals surface area contributed by atoms with Gasteiger partial charge in [0.05, 0.1) is 24.5 Å². The van der Waals surface area contributed by atoms with Crippen LogP contribution in [0.2, 0.25) is 0 Å². The van der Waals surface area contributed by atoms with Crippen molar-refractivity contribution in [3.8, 4) is 0 Å². The zero-order chi connectivity index (χ0) is 15.5. The molecule has 1 aliphatic rings. The number of halogens is 1. The van der Waals surface area contributed by atoms with Gasteiger partial charge in [-0.05, 0) is 24.1 Å². The number of rotatable bonds is 6. The minimum atomic E-state index is -3.49. The molecule has 1 saturated heterocycles. The second-order valence-corrected chi connectivity index (χ2v) is 7.08. The third kappa shape index (κ3) is 4.00. The molecule has 7 heteroatoms. The van der Waals surface area contributed by atoms with Crippen LogP contribution in [0.5, 0.6) is 0 Å².